The maximum atomic E-state index is 12.3. The Bertz CT molecular complexity index is 792. The van der Waals surface area contributed by atoms with Gasteiger partial charge in [0, 0.05) is 11.1 Å². The molecular weight excluding hydrogens is 332 g/mol. The number of nitrogens with one attached hydrogen (secondary N) is 1. The predicted molar refractivity (Wildman–Crippen MR) is 92.7 cm³/mol. The summed E-state index contributed by atoms with van der Waals surface area (Å²) < 4.78 is 5.60. The number of aryl methyl sites for hydroxylation is 1. The Morgan fingerprint density at radius 2 is 2.00 bits per heavy atom. The van der Waals surface area contributed by atoms with E-state index >= 15 is 0 Å². The van der Waals surface area contributed by atoms with Crippen molar-refractivity contribution in [1.82, 2.24) is 0 Å². The average Bonchev–Trinajstić information content (AvgIpc) is 2.52. The van der Waals surface area contributed by atoms with Crippen molar-refractivity contribution in [1.29, 1.82) is 0 Å². The van der Waals surface area contributed by atoms with Crippen LogP contribution in [0.1, 0.15) is 18.1 Å². The zero-order valence-electron chi connectivity index (χ0n) is 13.5. The number of rotatable bonds is 5. The van der Waals surface area contributed by atoms with Crippen LogP contribution >= 0.6 is 11.6 Å². The summed E-state index contributed by atoms with van der Waals surface area (Å²) >= 11 is 5.95. The molecule has 24 heavy (non-hydrogen) atoms. The molecule has 0 radical (unpaired) electrons. The van der Waals surface area contributed by atoms with Crippen molar-refractivity contribution in [3.8, 4) is 5.75 Å². The Balaban J connectivity index is 2.10. The van der Waals surface area contributed by atoms with Crippen LogP contribution in [0, 0.1) is 24.0 Å². The Hall–Kier alpha value is -2.60. The quantitative estimate of drug-likeness (QED) is 0.646. The molecule has 2 rings (SSSR count). The molecule has 7 heteroatoms. The fourth-order valence-corrected chi connectivity index (χ4v) is 2.26. The number of hydrogen-bond acceptors (Lipinski definition) is 4. The minimum absolute atomic E-state index is 0.0466. The molecule has 0 saturated carbocycles. The Morgan fingerprint density at radius 3 is 2.62 bits per heavy atom. The molecule has 0 saturated heterocycles. The SMILES string of the molecule is Cc1cc(OC(C)C(=O)Nc2cccc([N+](=O)[O-])c2C)ccc1Cl. The van der Waals surface area contributed by atoms with Gasteiger partial charge in [-0.3, -0.25) is 14.9 Å². The molecule has 0 aliphatic carbocycles. The Kier molecular flexibility index (Phi) is 5.41. The zero-order valence-corrected chi connectivity index (χ0v) is 14.3. The van der Waals surface area contributed by atoms with Gasteiger partial charge >= 0.3 is 0 Å². The lowest BCUT2D eigenvalue weighted by Gasteiger charge is -2.16. The molecule has 0 heterocycles. The first kappa shape index (κ1) is 17.7. The largest absolute Gasteiger partial charge is 0.481 e. The molecule has 126 valence electrons. The minimum atomic E-state index is -0.774. The third-order valence-corrected chi connectivity index (χ3v) is 4.00. The summed E-state index contributed by atoms with van der Waals surface area (Å²) in [4.78, 5) is 22.7. The number of anilines is 1. The highest BCUT2D eigenvalue weighted by molar-refractivity contribution is 6.31. The molecule has 0 bridgehead atoms. The van der Waals surface area contributed by atoms with Gasteiger partial charge in [-0.15, -0.1) is 0 Å². The van der Waals surface area contributed by atoms with E-state index in [-0.39, 0.29) is 5.69 Å². The lowest BCUT2D eigenvalue weighted by Crippen LogP contribution is -2.30. The number of nitro groups is 1. The fraction of sp³-hybridized carbons (Fsp3) is 0.235. The molecule has 0 aliphatic heterocycles. The first-order valence-corrected chi connectivity index (χ1v) is 7.65. The van der Waals surface area contributed by atoms with E-state index in [0.717, 1.165) is 5.56 Å². The molecule has 1 unspecified atom stereocenters. The molecule has 1 atom stereocenters. The molecule has 2 aromatic carbocycles. The highest BCUT2D eigenvalue weighted by Crippen LogP contribution is 2.26. The standard InChI is InChI=1S/C17H17ClN2O4/c1-10-9-13(7-8-14(10)18)24-12(3)17(21)19-15-5-4-6-16(11(15)2)20(22)23/h4-9,12H,1-3H3,(H,19,21). The lowest BCUT2D eigenvalue weighted by atomic mass is 10.1. The first-order valence-electron chi connectivity index (χ1n) is 7.27. The third kappa shape index (κ3) is 4.02. The van der Waals surface area contributed by atoms with E-state index < -0.39 is 16.9 Å². The number of ether oxygens (including phenoxy) is 1. The van der Waals surface area contributed by atoms with Crippen LogP contribution in [-0.2, 0) is 4.79 Å². The predicted octanol–water partition coefficient (Wildman–Crippen LogP) is 4.27. The normalized spacial score (nSPS) is 11.7. The van der Waals surface area contributed by atoms with Crippen molar-refractivity contribution < 1.29 is 14.5 Å². The van der Waals surface area contributed by atoms with Gasteiger partial charge in [0.2, 0.25) is 0 Å². The van der Waals surface area contributed by atoms with Crippen LogP contribution in [-0.4, -0.2) is 16.9 Å². The number of carbonyl (C=O) groups is 1. The molecule has 1 amide bonds. The molecule has 0 aliphatic rings. The van der Waals surface area contributed by atoms with Gasteiger partial charge in [-0.25, -0.2) is 0 Å². The summed E-state index contributed by atoms with van der Waals surface area (Å²) in [6, 6.07) is 9.64. The van der Waals surface area contributed by atoms with Crippen molar-refractivity contribution in [3.63, 3.8) is 0 Å². The minimum Gasteiger partial charge on any atom is -0.481 e. The number of benzene rings is 2. The maximum absolute atomic E-state index is 12.3. The van der Waals surface area contributed by atoms with E-state index in [0.29, 0.717) is 22.0 Å². The zero-order chi connectivity index (χ0) is 17.9. The molecule has 2 aromatic rings. The van der Waals surface area contributed by atoms with Crippen LogP contribution in [0.25, 0.3) is 0 Å². The second-order valence-electron chi connectivity index (χ2n) is 5.37. The lowest BCUT2D eigenvalue weighted by molar-refractivity contribution is -0.385. The highest BCUT2D eigenvalue weighted by atomic mass is 35.5. The Morgan fingerprint density at radius 1 is 1.29 bits per heavy atom. The molecule has 6 nitrogen and oxygen atoms in total. The highest BCUT2D eigenvalue weighted by Gasteiger charge is 2.19. The smallest absolute Gasteiger partial charge is 0.274 e. The molecule has 1 N–H and O–H groups in total. The van der Waals surface area contributed by atoms with Gasteiger partial charge in [-0.05, 0) is 50.6 Å². The van der Waals surface area contributed by atoms with Crippen LogP contribution < -0.4 is 10.1 Å². The van der Waals surface area contributed by atoms with Gasteiger partial charge in [0.15, 0.2) is 6.10 Å². The van der Waals surface area contributed by atoms with Gasteiger partial charge in [-0.1, -0.05) is 17.7 Å². The Labute approximate surface area is 144 Å². The maximum Gasteiger partial charge on any atom is 0.274 e. The topological polar surface area (TPSA) is 81.5 Å². The van der Waals surface area contributed by atoms with E-state index in [2.05, 4.69) is 5.32 Å². The van der Waals surface area contributed by atoms with Crippen LogP contribution in [0.5, 0.6) is 5.75 Å². The molecule has 0 spiro atoms. The van der Waals surface area contributed by atoms with Crippen molar-refractivity contribution in [2.24, 2.45) is 0 Å². The number of hydrogen-bond donors (Lipinski definition) is 1. The van der Waals surface area contributed by atoms with Gasteiger partial charge < -0.3 is 10.1 Å². The summed E-state index contributed by atoms with van der Waals surface area (Å²) in [5, 5.41) is 14.2. The monoisotopic (exact) mass is 348 g/mol. The van der Waals surface area contributed by atoms with Crippen molar-refractivity contribution >= 4 is 28.9 Å². The summed E-state index contributed by atoms with van der Waals surface area (Å²) in [7, 11) is 0. The van der Waals surface area contributed by atoms with Crippen LogP contribution in [0.15, 0.2) is 36.4 Å². The van der Waals surface area contributed by atoms with E-state index in [9.17, 15) is 14.9 Å². The van der Waals surface area contributed by atoms with Crippen molar-refractivity contribution in [3.05, 3.63) is 62.7 Å². The summed E-state index contributed by atoms with van der Waals surface area (Å²) in [5.41, 5.74) is 1.58. The summed E-state index contributed by atoms with van der Waals surface area (Å²) in [5.74, 6) is 0.126. The van der Waals surface area contributed by atoms with Crippen molar-refractivity contribution in [2.45, 2.75) is 26.9 Å². The fourth-order valence-electron chi connectivity index (χ4n) is 2.14. The molecule has 0 aromatic heterocycles. The number of nitrogens with zero attached hydrogens (tertiary/aromatic N) is 1. The number of nitro benzene ring substituents is 1. The first-order chi connectivity index (χ1) is 11.3. The van der Waals surface area contributed by atoms with Gasteiger partial charge in [-0.2, -0.15) is 0 Å². The third-order valence-electron chi connectivity index (χ3n) is 3.57. The average molecular weight is 349 g/mol. The van der Waals surface area contributed by atoms with Crippen LogP contribution in [0.4, 0.5) is 11.4 Å². The number of carbonyl (C=O) groups excluding carboxylic acids is 1. The van der Waals surface area contributed by atoms with Crippen LogP contribution in [0.3, 0.4) is 0 Å². The van der Waals surface area contributed by atoms with Crippen molar-refractivity contribution in [2.75, 3.05) is 5.32 Å². The van der Waals surface area contributed by atoms with E-state index in [1.807, 2.05) is 6.92 Å². The number of halogens is 1. The molecular formula is C17H17ClN2O4. The summed E-state index contributed by atoms with van der Waals surface area (Å²) in [6.45, 7) is 5.03. The second-order valence-corrected chi connectivity index (χ2v) is 5.77. The molecule has 0 fully saturated rings. The van der Waals surface area contributed by atoms with E-state index in [4.69, 9.17) is 16.3 Å². The second kappa shape index (κ2) is 7.31. The number of amides is 1. The van der Waals surface area contributed by atoms with Gasteiger partial charge in [0.05, 0.1) is 16.2 Å². The van der Waals surface area contributed by atoms with E-state index in [1.165, 1.54) is 12.1 Å². The van der Waals surface area contributed by atoms with Gasteiger partial charge in [0.1, 0.15) is 5.75 Å². The summed E-state index contributed by atoms with van der Waals surface area (Å²) in [6.07, 6.45) is -0.774. The van der Waals surface area contributed by atoms with Crippen LogP contribution in [0.2, 0.25) is 5.02 Å². The van der Waals surface area contributed by atoms with Gasteiger partial charge in [0.25, 0.3) is 11.6 Å². The van der Waals surface area contributed by atoms with E-state index in [1.54, 1.807) is 38.1 Å².